The Bertz CT molecular complexity index is 354. The molecule has 0 aromatic carbocycles. The van der Waals surface area contributed by atoms with Crippen molar-refractivity contribution in [2.75, 3.05) is 0 Å². The lowest BCUT2D eigenvalue weighted by molar-refractivity contribution is -0.348. The maximum absolute atomic E-state index is 9.91. The van der Waals surface area contributed by atoms with Gasteiger partial charge in [-0.3, -0.25) is 0 Å². The van der Waals surface area contributed by atoms with Gasteiger partial charge in [0.15, 0.2) is 12.6 Å². The van der Waals surface area contributed by atoms with Crippen molar-refractivity contribution in [2.45, 2.75) is 75.3 Å². The van der Waals surface area contributed by atoms with E-state index in [4.69, 9.17) is 14.2 Å². The Balaban J connectivity index is 2.06. The molecule has 9 unspecified atom stereocenters. The van der Waals surface area contributed by atoms with E-state index in [0.717, 1.165) is 0 Å². The molecule has 2 rings (SSSR count). The van der Waals surface area contributed by atoms with Crippen LogP contribution in [0, 0.1) is 0 Å². The Morgan fingerprint density at radius 1 is 0.667 bits per heavy atom. The second-order valence-electron chi connectivity index (χ2n) is 5.50. The minimum absolute atomic E-state index is 0.784. The first kappa shape index (κ1) is 17.0. The Morgan fingerprint density at radius 3 is 1.90 bits per heavy atom. The van der Waals surface area contributed by atoms with Crippen molar-refractivity contribution in [3.8, 4) is 0 Å². The summed E-state index contributed by atoms with van der Waals surface area (Å²) in [7, 11) is 0. The zero-order chi connectivity index (χ0) is 15.9. The van der Waals surface area contributed by atoms with Crippen molar-refractivity contribution in [1.82, 2.24) is 0 Å². The molecule has 2 saturated heterocycles. The maximum atomic E-state index is 9.91. The zero-order valence-corrected chi connectivity index (χ0v) is 11.7. The number of ether oxygens (including phenoxy) is 3. The molecular formula is C12H22O9. The predicted molar refractivity (Wildman–Crippen MR) is 65.8 cm³/mol. The first-order valence-corrected chi connectivity index (χ1v) is 6.78. The molecule has 10 atom stereocenters. The Hall–Kier alpha value is -0.360. The van der Waals surface area contributed by atoms with Crippen LogP contribution in [0.2, 0.25) is 0 Å². The Morgan fingerprint density at radius 2 is 1.29 bits per heavy atom. The van der Waals surface area contributed by atoms with Gasteiger partial charge >= 0.3 is 0 Å². The van der Waals surface area contributed by atoms with Crippen LogP contribution >= 0.6 is 0 Å². The lowest BCUT2D eigenvalue weighted by atomic mass is 9.98. The number of aliphatic hydroxyl groups excluding tert-OH is 6. The number of hydrogen-bond donors (Lipinski definition) is 6. The van der Waals surface area contributed by atoms with Gasteiger partial charge in [0, 0.05) is 0 Å². The fraction of sp³-hybridized carbons (Fsp3) is 1.00. The van der Waals surface area contributed by atoms with Gasteiger partial charge in [-0.05, 0) is 13.8 Å². The van der Waals surface area contributed by atoms with Crippen LogP contribution in [0.25, 0.3) is 0 Å². The van der Waals surface area contributed by atoms with Crippen LogP contribution in [0.3, 0.4) is 0 Å². The van der Waals surface area contributed by atoms with Crippen LogP contribution in [0.1, 0.15) is 13.8 Å². The molecule has 0 aromatic rings. The molecule has 0 amide bonds. The predicted octanol–water partition coefficient (Wildman–Crippen LogP) is -3.34. The van der Waals surface area contributed by atoms with Crippen molar-refractivity contribution in [3.63, 3.8) is 0 Å². The number of rotatable bonds is 2. The fourth-order valence-electron chi connectivity index (χ4n) is 2.49. The van der Waals surface area contributed by atoms with Gasteiger partial charge in [0.25, 0.3) is 0 Å². The summed E-state index contributed by atoms with van der Waals surface area (Å²) in [5.74, 6) is 0. The quantitative estimate of drug-likeness (QED) is 0.308. The first-order chi connectivity index (χ1) is 9.73. The van der Waals surface area contributed by atoms with Gasteiger partial charge in [0.05, 0.1) is 12.2 Å². The van der Waals surface area contributed by atoms with E-state index in [1.165, 1.54) is 13.8 Å². The molecule has 124 valence electrons. The van der Waals surface area contributed by atoms with Crippen LogP contribution in [0.4, 0.5) is 0 Å². The average Bonchev–Trinajstić information content (AvgIpc) is 2.44. The second kappa shape index (κ2) is 6.41. The van der Waals surface area contributed by atoms with E-state index in [1.54, 1.807) is 0 Å². The van der Waals surface area contributed by atoms with E-state index >= 15 is 0 Å². The third-order valence-corrected chi connectivity index (χ3v) is 3.90. The maximum Gasteiger partial charge on any atom is 0.187 e. The monoisotopic (exact) mass is 310 g/mol. The van der Waals surface area contributed by atoms with Gasteiger partial charge in [-0.1, -0.05) is 0 Å². The SMILES string of the molecule is CC1OC(OC2C(C)OC(O)C(O)C2O)[C@@H](O)C(O)C1O. The van der Waals surface area contributed by atoms with Crippen molar-refractivity contribution >= 4 is 0 Å². The largest absolute Gasteiger partial charge is 0.388 e. The van der Waals surface area contributed by atoms with Crippen LogP contribution in [0.5, 0.6) is 0 Å². The fourth-order valence-corrected chi connectivity index (χ4v) is 2.49. The van der Waals surface area contributed by atoms with Gasteiger partial charge < -0.3 is 44.8 Å². The summed E-state index contributed by atoms with van der Waals surface area (Å²) in [6.07, 6.45) is -12.8. The first-order valence-electron chi connectivity index (χ1n) is 6.78. The Kier molecular flexibility index (Phi) is 5.19. The zero-order valence-electron chi connectivity index (χ0n) is 11.7. The van der Waals surface area contributed by atoms with E-state index in [0.29, 0.717) is 0 Å². The van der Waals surface area contributed by atoms with Crippen molar-refractivity contribution < 1.29 is 44.8 Å². The number of aliphatic hydroxyl groups is 6. The summed E-state index contributed by atoms with van der Waals surface area (Å²) in [5, 5.41) is 58.0. The highest BCUT2D eigenvalue weighted by molar-refractivity contribution is 4.91. The highest BCUT2D eigenvalue weighted by Crippen LogP contribution is 2.28. The molecule has 2 fully saturated rings. The third kappa shape index (κ3) is 3.21. The van der Waals surface area contributed by atoms with Gasteiger partial charge in [0.1, 0.15) is 36.6 Å². The van der Waals surface area contributed by atoms with E-state index in [-0.39, 0.29) is 0 Å². The molecular weight excluding hydrogens is 288 g/mol. The molecule has 6 N–H and O–H groups in total. The van der Waals surface area contributed by atoms with E-state index in [2.05, 4.69) is 0 Å². The van der Waals surface area contributed by atoms with Gasteiger partial charge in [-0.25, -0.2) is 0 Å². The number of hydrogen-bond acceptors (Lipinski definition) is 9. The van der Waals surface area contributed by atoms with E-state index in [1.807, 2.05) is 0 Å². The summed E-state index contributed by atoms with van der Waals surface area (Å²) in [5.41, 5.74) is 0. The lowest BCUT2D eigenvalue weighted by Gasteiger charge is -2.44. The topological polar surface area (TPSA) is 149 Å². The smallest absolute Gasteiger partial charge is 0.187 e. The molecule has 0 aliphatic carbocycles. The van der Waals surface area contributed by atoms with Crippen LogP contribution in [0.15, 0.2) is 0 Å². The van der Waals surface area contributed by atoms with Crippen molar-refractivity contribution in [2.24, 2.45) is 0 Å². The minimum Gasteiger partial charge on any atom is -0.388 e. The molecule has 0 spiro atoms. The molecule has 2 aliphatic heterocycles. The summed E-state index contributed by atoms with van der Waals surface area (Å²) < 4.78 is 15.6. The summed E-state index contributed by atoms with van der Waals surface area (Å²) in [6.45, 7) is 3.00. The molecule has 9 nitrogen and oxygen atoms in total. The van der Waals surface area contributed by atoms with Crippen molar-refractivity contribution in [3.05, 3.63) is 0 Å². The summed E-state index contributed by atoms with van der Waals surface area (Å²) in [6, 6.07) is 0. The second-order valence-corrected chi connectivity index (χ2v) is 5.50. The molecule has 2 heterocycles. The molecule has 21 heavy (non-hydrogen) atoms. The lowest BCUT2D eigenvalue weighted by Crippen LogP contribution is -2.62. The minimum atomic E-state index is -1.57. The molecule has 2 aliphatic rings. The normalized spacial score (nSPS) is 55.4. The standard InChI is InChI=1S/C12H22O9/c1-3-5(13)6(14)9(17)12(20-3)21-10-4(2)19-11(18)8(16)7(10)15/h3-18H,1-2H3/t3?,4?,5?,6?,7?,8?,9-,10?,11?,12?/m0/s1. The van der Waals surface area contributed by atoms with Gasteiger partial charge in [-0.2, -0.15) is 0 Å². The van der Waals surface area contributed by atoms with Gasteiger partial charge in [-0.15, -0.1) is 0 Å². The van der Waals surface area contributed by atoms with Crippen LogP contribution in [-0.4, -0.2) is 92.1 Å². The van der Waals surface area contributed by atoms with Crippen LogP contribution < -0.4 is 0 Å². The highest BCUT2D eigenvalue weighted by atomic mass is 16.7. The molecule has 0 saturated carbocycles. The van der Waals surface area contributed by atoms with Gasteiger partial charge in [0.2, 0.25) is 0 Å². The molecule has 0 bridgehead atoms. The summed E-state index contributed by atoms with van der Waals surface area (Å²) in [4.78, 5) is 0. The highest BCUT2D eigenvalue weighted by Gasteiger charge is 2.48. The molecule has 0 radical (unpaired) electrons. The average molecular weight is 310 g/mol. The molecule has 0 aromatic heterocycles. The molecule has 9 heteroatoms. The third-order valence-electron chi connectivity index (χ3n) is 3.90. The van der Waals surface area contributed by atoms with E-state index < -0.39 is 61.4 Å². The Labute approximate surface area is 121 Å². The van der Waals surface area contributed by atoms with E-state index in [9.17, 15) is 30.6 Å². The summed E-state index contributed by atoms with van der Waals surface area (Å²) >= 11 is 0. The van der Waals surface area contributed by atoms with Crippen LogP contribution in [-0.2, 0) is 14.2 Å². The van der Waals surface area contributed by atoms with Crippen molar-refractivity contribution in [1.29, 1.82) is 0 Å².